The Kier molecular flexibility index (Phi) is 7.40. The summed E-state index contributed by atoms with van der Waals surface area (Å²) in [6.45, 7) is 2.02. The van der Waals surface area contributed by atoms with Gasteiger partial charge in [-0.2, -0.15) is 5.10 Å². The Bertz CT molecular complexity index is 908. The van der Waals surface area contributed by atoms with E-state index in [-0.39, 0.29) is 36.5 Å². The highest BCUT2D eigenvalue weighted by atomic mass is 35.5. The van der Waals surface area contributed by atoms with Gasteiger partial charge in [-0.15, -0.1) is 24.8 Å². The quantitative estimate of drug-likeness (QED) is 0.580. The SMILES string of the molecule is Cl.Cl.O=C(NCCc1nc2ccc(F)cc2[nH]1)C1(n2cccn2)CCNCC1. The smallest absolute Gasteiger partial charge is 0.248 e. The van der Waals surface area contributed by atoms with Crippen LogP contribution in [0.15, 0.2) is 36.7 Å². The minimum atomic E-state index is -0.647. The number of halogens is 3. The second kappa shape index (κ2) is 9.36. The molecule has 1 aromatic carbocycles. The number of amides is 1. The van der Waals surface area contributed by atoms with Crippen LogP contribution in [0.5, 0.6) is 0 Å². The van der Waals surface area contributed by atoms with Gasteiger partial charge < -0.3 is 15.6 Å². The Labute approximate surface area is 174 Å². The molecule has 7 nitrogen and oxygen atoms in total. The first-order valence-electron chi connectivity index (χ1n) is 8.81. The summed E-state index contributed by atoms with van der Waals surface area (Å²) in [7, 11) is 0. The van der Waals surface area contributed by atoms with Crippen LogP contribution < -0.4 is 10.6 Å². The normalized spacial score (nSPS) is 15.5. The molecule has 1 aliphatic heterocycles. The monoisotopic (exact) mass is 428 g/mol. The van der Waals surface area contributed by atoms with Crippen LogP contribution in [0, 0.1) is 5.82 Å². The van der Waals surface area contributed by atoms with Crippen LogP contribution >= 0.6 is 24.8 Å². The third-order valence-electron chi connectivity index (χ3n) is 4.94. The number of nitrogens with zero attached hydrogens (tertiary/aromatic N) is 3. The van der Waals surface area contributed by atoms with Crippen molar-refractivity contribution in [3.63, 3.8) is 0 Å². The number of aromatic amines is 1. The topological polar surface area (TPSA) is 87.6 Å². The first-order chi connectivity index (χ1) is 12.7. The van der Waals surface area contributed by atoms with Crippen molar-refractivity contribution < 1.29 is 9.18 Å². The number of benzene rings is 1. The molecule has 0 bridgehead atoms. The molecular formula is C18H23Cl2FN6O. The Morgan fingerprint density at radius 2 is 2.07 bits per heavy atom. The largest absolute Gasteiger partial charge is 0.354 e. The Morgan fingerprint density at radius 1 is 1.29 bits per heavy atom. The van der Waals surface area contributed by atoms with Gasteiger partial charge in [0, 0.05) is 25.4 Å². The molecule has 152 valence electrons. The van der Waals surface area contributed by atoms with Crippen molar-refractivity contribution in [1.29, 1.82) is 0 Å². The lowest BCUT2D eigenvalue weighted by Gasteiger charge is -2.36. The first-order valence-corrected chi connectivity index (χ1v) is 8.81. The third kappa shape index (κ3) is 4.29. The summed E-state index contributed by atoms with van der Waals surface area (Å²) in [5, 5.41) is 10.6. The number of H-pyrrole nitrogens is 1. The summed E-state index contributed by atoms with van der Waals surface area (Å²) in [5.74, 6) is 0.405. The number of fused-ring (bicyclic) bond motifs is 1. The molecule has 0 unspecified atom stereocenters. The van der Waals surface area contributed by atoms with Crippen LogP contribution in [0.3, 0.4) is 0 Å². The number of imidazole rings is 1. The zero-order valence-corrected chi connectivity index (χ0v) is 16.8. The molecule has 0 atom stereocenters. The molecule has 0 spiro atoms. The average molecular weight is 429 g/mol. The van der Waals surface area contributed by atoms with E-state index in [9.17, 15) is 9.18 Å². The number of rotatable bonds is 5. The Balaban J connectivity index is 0.00000140. The van der Waals surface area contributed by atoms with Gasteiger partial charge in [0.25, 0.3) is 0 Å². The Morgan fingerprint density at radius 3 is 2.79 bits per heavy atom. The van der Waals surface area contributed by atoms with Crippen LogP contribution in [0.1, 0.15) is 18.7 Å². The number of hydrogen-bond donors (Lipinski definition) is 3. The summed E-state index contributed by atoms with van der Waals surface area (Å²) in [4.78, 5) is 20.5. The summed E-state index contributed by atoms with van der Waals surface area (Å²) in [6.07, 6.45) is 5.49. The van der Waals surface area contributed by atoms with E-state index in [0.29, 0.717) is 31.3 Å². The van der Waals surface area contributed by atoms with Gasteiger partial charge in [-0.1, -0.05) is 0 Å². The van der Waals surface area contributed by atoms with Gasteiger partial charge in [0.2, 0.25) is 5.91 Å². The van der Waals surface area contributed by atoms with Crippen molar-refractivity contribution in [3.05, 3.63) is 48.3 Å². The molecule has 28 heavy (non-hydrogen) atoms. The lowest BCUT2D eigenvalue weighted by atomic mass is 9.87. The minimum absolute atomic E-state index is 0. The zero-order valence-electron chi connectivity index (χ0n) is 15.2. The van der Waals surface area contributed by atoms with Gasteiger partial charge in [0.1, 0.15) is 17.2 Å². The summed E-state index contributed by atoms with van der Waals surface area (Å²) < 4.78 is 15.0. The lowest BCUT2D eigenvalue weighted by molar-refractivity contribution is -0.131. The number of carbonyl (C=O) groups excluding carboxylic acids is 1. The number of piperidine rings is 1. The van der Waals surface area contributed by atoms with Gasteiger partial charge >= 0.3 is 0 Å². The molecule has 0 radical (unpaired) electrons. The minimum Gasteiger partial charge on any atom is -0.354 e. The van der Waals surface area contributed by atoms with Crippen molar-refractivity contribution in [2.24, 2.45) is 0 Å². The molecule has 3 heterocycles. The van der Waals surface area contributed by atoms with E-state index in [1.807, 2.05) is 12.3 Å². The second-order valence-electron chi connectivity index (χ2n) is 6.58. The molecule has 0 aliphatic carbocycles. The highest BCUT2D eigenvalue weighted by molar-refractivity contribution is 5.86. The number of hydrogen-bond acceptors (Lipinski definition) is 4. The van der Waals surface area contributed by atoms with Gasteiger partial charge in [0.05, 0.1) is 11.0 Å². The summed E-state index contributed by atoms with van der Waals surface area (Å²) in [5.41, 5.74) is 0.739. The molecule has 1 amide bonds. The number of carbonyl (C=O) groups is 1. The van der Waals surface area contributed by atoms with Gasteiger partial charge in [-0.3, -0.25) is 9.48 Å². The van der Waals surface area contributed by atoms with Crippen LogP contribution in [0.2, 0.25) is 0 Å². The maximum absolute atomic E-state index is 13.3. The molecule has 10 heteroatoms. The highest BCUT2D eigenvalue weighted by Gasteiger charge is 2.41. The van der Waals surface area contributed by atoms with Gasteiger partial charge in [0.15, 0.2) is 0 Å². The van der Waals surface area contributed by atoms with Crippen molar-refractivity contribution in [1.82, 2.24) is 30.4 Å². The van der Waals surface area contributed by atoms with Crippen molar-refractivity contribution >= 4 is 41.8 Å². The predicted octanol–water partition coefficient (Wildman–Crippen LogP) is 2.18. The molecular weight excluding hydrogens is 406 g/mol. The van der Waals surface area contributed by atoms with E-state index in [1.165, 1.54) is 12.1 Å². The fraction of sp³-hybridized carbons (Fsp3) is 0.389. The number of aromatic nitrogens is 4. The summed E-state index contributed by atoms with van der Waals surface area (Å²) in [6, 6.07) is 6.29. The van der Waals surface area contributed by atoms with Crippen LogP contribution in [-0.2, 0) is 16.8 Å². The van der Waals surface area contributed by atoms with E-state index in [2.05, 4.69) is 25.7 Å². The van der Waals surface area contributed by atoms with Gasteiger partial charge in [-0.25, -0.2) is 9.37 Å². The predicted molar refractivity (Wildman–Crippen MR) is 110 cm³/mol. The van der Waals surface area contributed by atoms with E-state index in [0.717, 1.165) is 24.4 Å². The van der Waals surface area contributed by atoms with Gasteiger partial charge in [-0.05, 0) is 50.2 Å². The van der Waals surface area contributed by atoms with Crippen molar-refractivity contribution in [2.75, 3.05) is 19.6 Å². The van der Waals surface area contributed by atoms with Crippen molar-refractivity contribution in [3.8, 4) is 0 Å². The summed E-state index contributed by atoms with van der Waals surface area (Å²) >= 11 is 0. The maximum Gasteiger partial charge on any atom is 0.248 e. The third-order valence-corrected chi connectivity index (χ3v) is 4.94. The van der Waals surface area contributed by atoms with Crippen LogP contribution in [0.25, 0.3) is 11.0 Å². The fourth-order valence-electron chi connectivity index (χ4n) is 3.53. The van der Waals surface area contributed by atoms with E-state index >= 15 is 0 Å². The van der Waals surface area contributed by atoms with E-state index in [4.69, 9.17) is 0 Å². The average Bonchev–Trinajstić information content (AvgIpc) is 3.31. The highest BCUT2D eigenvalue weighted by Crippen LogP contribution is 2.27. The zero-order chi connectivity index (χ0) is 18.0. The fourth-order valence-corrected chi connectivity index (χ4v) is 3.53. The molecule has 4 rings (SSSR count). The molecule has 2 aromatic heterocycles. The molecule has 3 N–H and O–H groups in total. The number of nitrogens with one attached hydrogen (secondary N) is 3. The maximum atomic E-state index is 13.3. The molecule has 1 aliphatic rings. The first kappa shape index (κ1) is 22.1. The Hall–Kier alpha value is -2.16. The standard InChI is InChI=1S/C18H21FN6O.2ClH/c19-13-2-3-14-15(12-13)24-16(23-14)4-8-21-17(26)18(5-9-20-10-6-18)25-11-1-7-22-25;;/h1-3,7,11-12,20H,4-6,8-10H2,(H,21,26)(H,23,24);2*1H. The molecule has 1 fully saturated rings. The van der Waals surface area contributed by atoms with E-state index in [1.54, 1.807) is 16.9 Å². The molecule has 1 saturated heterocycles. The van der Waals surface area contributed by atoms with Crippen LogP contribution in [-0.4, -0.2) is 45.3 Å². The van der Waals surface area contributed by atoms with E-state index < -0.39 is 5.54 Å². The van der Waals surface area contributed by atoms with Crippen LogP contribution in [0.4, 0.5) is 4.39 Å². The molecule has 3 aromatic rings. The van der Waals surface area contributed by atoms with Crippen molar-refractivity contribution in [2.45, 2.75) is 24.8 Å². The molecule has 0 saturated carbocycles. The second-order valence-corrected chi connectivity index (χ2v) is 6.58. The lowest BCUT2D eigenvalue weighted by Crippen LogP contribution is -2.54.